The summed E-state index contributed by atoms with van der Waals surface area (Å²) in [7, 11) is 0. The van der Waals surface area contributed by atoms with Crippen LogP contribution in [0.1, 0.15) is 39.0 Å². The van der Waals surface area contributed by atoms with E-state index in [2.05, 4.69) is 6.92 Å². The molecule has 1 spiro atoms. The van der Waals surface area contributed by atoms with Crippen LogP contribution >= 0.6 is 0 Å². The Morgan fingerprint density at radius 1 is 1.57 bits per heavy atom. The predicted octanol–water partition coefficient (Wildman–Crippen LogP) is 2.06. The monoisotopic (exact) mass is 198 g/mol. The molecular formula is C11H18O3. The van der Waals surface area contributed by atoms with E-state index in [1.807, 2.05) is 0 Å². The summed E-state index contributed by atoms with van der Waals surface area (Å²) in [6.07, 6.45) is 4.82. The molecule has 14 heavy (non-hydrogen) atoms. The van der Waals surface area contributed by atoms with Crippen LogP contribution in [0.25, 0.3) is 0 Å². The molecule has 1 saturated heterocycles. The first-order chi connectivity index (χ1) is 6.67. The van der Waals surface area contributed by atoms with Crippen molar-refractivity contribution in [1.29, 1.82) is 0 Å². The number of carboxylic acids is 1. The summed E-state index contributed by atoms with van der Waals surface area (Å²) in [6.45, 7) is 2.90. The molecule has 1 saturated carbocycles. The fraction of sp³-hybridized carbons (Fsp3) is 0.909. The third-order valence-electron chi connectivity index (χ3n) is 3.82. The van der Waals surface area contributed by atoms with Crippen molar-refractivity contribution in [3.05, 3.63) is 0 Å². The molecule has 0 bridgehead atoms. The van der Waals surface area contributed by atoms with Crippen molar-refractivity contribution >= 4 is 5.97 Å². The van der Waals surface area contributed by atoms with Crippen LogP contribution in [0.5, 0.6) is 0 Å². The van der Waals surface area contributed by atoms with Gasteiger partial charge in [-0.2, -0.15) is 0 Å². The molecule has 0 aromatic heterocycles. The van der Waals surface area contributed by atoms with Crippen molar-refractivity contribution in [2.45, 2.75) is 44.6 Å². The Labute approximate surface area is 84.4 Å². The smallest absolute Gasteiger partial charge is 0.306 e. The number of rotatable bonds is 2. The van der Waals surface area contributed by atoms with Crippen LogP contribution in [0, 0.1) is 11.8 Å². The van der Waals surface area contributed by atoms with Crippen molar-refractivity contribution in [3.63, 3.8) is 0 Å². The Balaban J connectivity index is 2.10. The van der Waals surface area contributed by atoms with Gasteiger partial charge in [0.1, 0.15) is 0 Å². The molecule has 2 fully saturated rings. The molecule has 3 unspecified atom stereocenters. The molecule has 1 heterocycles. The van der Waals surface area contributed by atoms with Crippen molar-refractivity contribution in [1.82, 2.24) is 0 Å². The third kappa shape index (κ3) is 1.54. The van der Waals surface area contributed by atoms with Crippen molar-refractivity contribution in [3.8, 4) is 0 Å². The Bertz CT molecular complexity index is 231. The number of carbonyl (C=O) groups is 1. The maximum Gasteiger partial charge on any atom is 0.306 e. The zero-order valence-electron chi connectivity index (χ0n) is 8.66. The van der Waals surface area contributed by atoms with E-state index in [1.165, 1.54) is 0 Å². The van der Waals surface area contributed by atoms with E-state index in [0.717, 1.165) is 38.7 Å². The summed E-state index contributed by atoms with van der Waals surface area (Å²) < 4.78 is 5.75. The second-order valence-corrected chi connectivity index (χ2v) is 4.66. The first kappa shape index (κ1) is 9.97. The lowest BCUT2D eigenvalue weighted by Crippen LogP contribution is -2.24. The molecule has 1 aliphatic carbocycles. The first-order valence-electron chi connectivity index (χ1n) is 5.54. The lowest BCUT2D eigenvalue weighted by Gasteiger charge is -2.21. The van der Waals surface area contributed by atoms with Gasteiger partial charge < -0.3 is 9.84 Å². The SMILES string of the molecule is CCC1CC2(CCCO2)CC1C(=O)O. The van der Waals surface area contributed by atoms with Crippen molar-refractivity contribution < 1.29 is 14.6 Å². The van der Waals surface area contributed by atoms with E-state index >= 15 is 0 Å². The zero-order valence-corrected chi connectivity index (χ0v) is 8.66. The average Bonchev–Trinajstić information content (AvgIpc) is 2.74. The van der Waals surface area contributed by atoms with Crippen LogP contribution in [-0.4, -0.2) is 23.3 Å². The largest absolute Gasteiger partial charge is 0.481 e. The minimum atomic E-state index is -0.635. The minimum Gasteiger partial charge on any atom is -0.481 e. The van der Waals surface area contributed by atoms with Gasteiger partial charge in [-0.3, -0.25) is 4.79 Å². The predicted molar refractivity (Wildman–Crippen MR) is 52.1 cm³/mol. The molecule has 3 atom stereocenters. The van der Waals surface area contributed by atoms with E-state index in [-0.39, 0.29) is 11.5 Å². The zero-order chi connectivity index (χ0) is 10.2. The average molecular weight is 198 g/mol. The van der Waals surface area contributed by atoms with E-state index < -0.39 is 5.97 Å². The molecule has 0 radical (unpaired) electrons. The number of aliphatic carboxylic acids is 1. The minimum absolute atomic E-state index is 0.0657. The number of carboxylic acid groups (broad SMARTS) is 1. The quantitative estimate of drug-likeness (QED) is 0.738. The number of hydrogen-bond donors (Lipinski definition) is 1. The number of ether oxygens (including phenoxy) is 1. The van der Waals surface area contributed by atoms with Crippen LogP contribution < -0.4 is 0 Å². The molecule has 1 N–H and O–H groups in total. The molecule has 1 aliphatic heterocycles. The fourth-order valence-electron chi connectivity index (χ4n) is 3.07. The summed E-state index contributed by atoms with van der Waals surface area (Å²) in [6, 6.07) is 0. The standard InChI is InChI=1S/C11H18O3/c1-2-8-6-11(4-3-5-14-11)7-9(8)10(12)13/h8-9H,2-7H2,1H3,(H,12,13). The van der Waals surface area contributed by atoms with Gasteiger partial charge in [-0.05, 0) is 31.6 Å². The third-order valence-corrected chi connectivity index (χ3v) is 3.82. The summed E-state index contributed by atoms with van der Waals surface area (Å²) in [5.41, 5.74) is -0.0657. The van der Waals surface area contributed by atoms with Gasteiger partial charge in [0, 0.05) is 6.61 Å². The lowest BCUT2D eigenvalue weighted by molar-refractivity contribution is -0.143. The fourth-order valence-corrected chi connectivity index (χ4v) is 3.07. The highest BCUT2D eigenvalue weighted by molar-refractivity contribution is 5.71. The molecule has 80 valence electrons. The highest BCUT2D eigenvalue weighted by Crippen LogP contribution is 2.48. The molecular weight excluding hydrogens is 180 g/mol. The van der Waals surface area contributed by atoms with E-state index in [0.29, 0.717) is 5.92 Å². The van der Waals surface area contributed by atoms with E-state index in [9.17, 15) is 4.79 Å². The molecule has 2 aliphatic rings. The highest BCUT2D eigenvalue weighted by Gasteiger charge is 2.49. The van der Waals surface area contributed by atoms with Crippen LogP contribution in [0.2, 0.25) is 0 Å². The molecule has 0 aromatic rings. The molecule has 3 heteroatoms. The number of hydrogen-bond acceptors (Lipinski definition) is 2. The van der Waals surface area contributed by atoms with Gasteiger partial charge in [-0.15, -0.1) is 0 Å². The normalized spacial score (nSPS) is 42.1. The van der Waals surface area contributed by atoms with Crippen LogP contribution in [-0.2, 0) is 9.53 Å². The highest BCUT2D eigenvalue weighted by atomic mass is 16.5. The maximum atomic E-state index is 11.1. The lowest BCUT2D eigenvalue weighted by atomic mass is 9.94. The first-order valence-corrected chi connectivity index (χ1v) is 5.54. The Hall–Kier alpha value is -0.570. The summed E-state index contributed by atoms with van der Waals surface area (Å²) in [4.78, 5) is 11.1. The molecule has 0 amide bonds. The van der Waals surface area contributed by atoms with Crippen molar-refractivity contribution in [2.75, 3.05) is 6.61 Å². The molecule has 0 aromatic carbocycles. The Kier molecular flexibility index (Phi) is 2.52. The van der Waals surface area contributed by atoms with Crippen LogP contribution in [0.15, 0.2) is 0 Å². The Morgan fingerprint density at radius 2 is 2.36 bits per heavy atom. The summed E-state index contributed by atoms with van der Waals surface area (Å²) in [5, 5.41) is 9.10. The second-order valence-electron chi connectivity index (χ2n) is 4.66. The van der Waals surface area contributed by atoms with E-state index in [4.69, 9.17) is 9.84 Å². The van der Waals surface area contributed by atoms with Gasteiger partial charge >= 0.3 is 5.97 Å². The summed E-state index contributed by atoms with van der Waals surface area (Å²) >= 11 is 0. The van der Waals surface area contributed by atoms with Gasteiger partial charge in [0.2, 0.25) is 0 Å². The van der Waals surface area contributed by atoms with Crippen LogP contribution in [0.4, 0.5) is 0 Å². The maximum absolute atomic E-state index is 11.1. The van der Waals surface area contributed by atoms with Gasteiger partial charge in [0.25, 0.3) is 0 Å². The summed E-state index contributed by atoms with van der Waals surface area (Å²) in [5.74, 6) is -0.479. The second kappa shape index (κ2) is 3.54. The van der Waals surface area contributed by atoms with Gasteiger partial charge in [0.05, 0.1) is 11.5 Å². The molecule has 2 rings (SSSR count). The molecule has 3 nitrogen and oxygen atoms in total. The van der Waals surface area contributed by atoms with Crippen LogP contribution in [0.3, 0.4) is 0 Å². The van der Waals surface area contributed by atoms with Crippen molar-refractivity contribution in [2.24, 2.45) is 11.8 Å². The topological polar surface area (TPSA) is 46.5 Å². The van der Waals surface area contributed by atoms with Gasteiger partial charge in [-0.25, -0.2) is 0 Å². The van der Waals surface area contributed by atoms with E-state index in [1.54, 1.807) is 0 Å². The van der Waals surface area contributed by atoms with Gasteiger partial charge in [-0.1, -0.05) is 13.3 Å². The Morgan fingerprint density at radius 3 is 2.79 bits per heavy atom. The van der Waals surface area contributed by atoms with Gasteiger partial charge in [0.15, 0.2) is 0 Å².